The second kappa shape index (κ2) is 6.32. The minimum atomic E-state index is -4.65. The molecular formula is C14H12F3N5O2. The largest absolute Gasteiger partial charge is 0.471 e. The molecule has 10 heteroatoms. The number of hydrogen-bond donors (Lipinski definition) is 1. The van der Waals surface area contributed by atoms with E-state index >= 15 is 0 Å². The molecule has 0 aliphatic rings. The second-order valence-electron chi connectivity index (χ2n) is 4.85. The molecule has 0 radical (unpaired) electrons. The van der Waals surface area contributed by atoms with Crippen molar-refractivity contribution in [1.82, 2.24) is 19.9 Å². The lowest BCUT2D eigenvalue weighted by Crippen LogP contribution is -2.04. The lowest BCUT2D eigenvalue weighted by molar-refractivity contribution is -0.159. The van der Waals surface area contributed by atoms with Gasteiger partial charge in [0.05, 0.1) is 31.7 Å². The fourth-order valence-corrected chi connectivity index (χ4v) is 2.02. The van der Waals surface area contributed by atoms with Gasteiger partial charge in [-0.3, -0.25) is 15.0 Å². The Bertz CT molecular complexity index is 810. The summed E-state index contributed by atoms with van der Waals surface area (Å²) in [5, 5.41) is 7.50. The van der Waals surface area contributed by atoms with Gasteiger partial charge in [-0.05, 0) is 5.56 Å². The molecule has 126 valence electrons. The third-order valence-corrected chi connectivity index (χ3v) is 3.08. The Labute approximate surface area is 134 Å². The first kappa shape index (κ1) is 16.0. The first-order chi connectivity index (χ1) is 11.5. The van der Waals surface area contributed by atoms with Gasteiger partial charge in [0.15, 0.2) is 0 Å². The molecule has 0 aliphatic heterocycles. The van der Waals surface area contributed by atoms with Crippen LogP contribution in [0.2, 0.25) is 0 Å². The standard InChI is InChI=1S/C14H12F3N5O2/c1-23-20-11-6-18-22(8-11)7-9-2-4-10(5-3-9)12-19-13(24-21-12)14(15,16)17/h2-6,8,20H,7H2,1H3. The summed E-state index contributed by atoms with van der Waals surface area (Å²) in [6.45, 7) is 0.492. The normalized spacial score (nSPS) is 11.7. The van der Waals surface area contributed by atoms with Gasteiger partial charge in [-0.1, -0.05) is 29.4 Å². The van der Waals surface area contributed by atoms with E-state index in [-0.39, 0.29) is 5.82 Å². The van der Waals surface area contributed by atoms with Gasteiger partial charge in [0.2, 0.25) is 5.82 Å². The van der Waals surface area contributed by atoms with Gasteiger partial charge in [0.25, 0.3) is 0 Å². The van der Waals surface area contributed by atoms with Crippen LogP contribution in [-0.2, 0) is 17.6 Å². The van der Waals surface area contributed by atoms with Crippen molar-refractivity contribution < 1.29 is 22.5 Å². The Morgan fingerprint density at radius 1 is 1.25 bits per heavy atom. The summed E-state index contributed by atoms with van der Waals surface area (Å²) in [6.07, 6.45) is -1.29. The van der Waals surface area contributed by atoms with E-state index in [2.05, 4.69) is 25.2 Å². The van der Waals surface area contributed by atoms with E-state index in [1.165, 1.54) is 7.11 Å². The Balaban J connectivity index is 1.72. The van der Waals surface area contributed by atoms with Crippen LogP contribution in [0.15, 0.2) is 41.2 Å². The predicted octanol–water partition coefficient (Wildman–Crippen LogP) is 2.97. The molecule has 0 amide bonds. The van der Waals surface area contributed by atoms with Crippen molar-refractivity contribution >= 4 is 5.69 Å². The van der Waals surface area contributed by atoms with Gasteiger partial charge in [0.1, 0.15) is 0 Å². The summed E-state index contributed by atoms with van der Waals surface area (Å²) >= 11 is 0. The van der Waals surface area contributed by atoms with Crippen LogP contribution in [-0.4, -0.2) is 27.0 Å². The number of nitrogens with one attached hydrogen (secondary N) is 1. The molecule has 0 aliphatic carbocycles. The SMILES string of the molecule is CONc1cnn(Cc2ccc(-c3noc(C(F)(F)F)n3)cc2)c1. The monoisotopic (exact) mass is 339 g/mol. The highest BCUT2D eigenvalue weighted by atomic mass is 19.4. The average molecular weight is 339 g/mol. The van der Waals surface area contributed by atoms with Crippen LogP contribution in [0, 0.1) is 0 Å². The number of alkyl halides is 3. The molecule has 3 aromatic rings. The summed E-state index contributed by atoms with van der Waals surface area (Å²) < 4.78 is 43.3. The molecule has 0 unspecified atom stereocenters. The maximum atomic E-state index is 12.5. The van der Waals surface area contributed by atoms with Crippen molar-refractivity contribution in [2.24, 2.45) is 0 Å². The zero-order chi connectivity index (χ0) is 17.2. The van der Waals surface area contributed by atoms with E-state index in [0.29, 0.717) is 17.8 Å². The van der Waals surface area contributed by atoms with Gasteiger partial charge in [0, 0.05) is 5.56 Å². The quantitative estimate of drug-likeness (QED) is 0.720. The Hall–Kier alpha value is -2.88. The third-order valence-electron chi connectivity index (χ3n) is 3.08. The number of nitrogens with zero attached hydrogens (tertiary/aromatic N) is 4. The zero-order valence-electron chi connectivity index (χ0n) is 12.4. The van der Waals surface area contributed by atoms with Crippen molar-refractivity contribution in [2.45, 2.75) is 12.7 Å². The van der Waals surface area contributed by atoms with Gasteiger partial charge < -0.3 is 4.52 Å². The van der Waals surface area contributed by atoms with Gasteiger partial charge in [-0.25, -0.2) is 0 Å². The Kier molecular flexibility index (Phi) is 4.21. The molecule has 2 heterocycles. The number of benzene rings is 1. The number of hydrogen-bond acceptors (Lipinski definition) is 6. The van der Waals surface area contributed by atoms with E-state index in [4.69, 9.17) is 4.84 Å². The highest BCUT2D eigenvalue weighted by Crippen LogP contribution is 2.29. The first-order valence-corrected chi connectivity index (χ1v) is 6.77. The predicted molar refractivity (Wildman–Crippen MR) is 76.7 cm³/mol. The minimum Gasteiger partial charge on any atom is -0.329 e. The number of aromatic nitrogens is 4. The average Bonchev–Trinajstić information content (AvgIpc) is 3.18. The summed E-state index contributed by atoms with van der Waals surface area (Å²) in [6, 6.07) is 6.75. The third kappa shape index (κ3) is 3.54. The molecule has 0 atom stereocenters. The Morgan fingerprint density at radius 2 is 2.00 bits per heavy atom. The van der Waals surface area contributed by atoms with E-state index in [9.17, 15) is 13.2 Å². The fourth-order valence-electron chi connectivity index (χ4n) is 2.02. The maximum absolute atomic E-state index is 12.5. The van der Waals surface area contributed by atoms with Crippen molar-refractivity contribution in [3.05, 3.63) is 48.1 Å². The highest BCUT2D eigenvalue weighted by Gasteiger charge is 2.38. The van der Waals surface area contributed by atoms with E-state index in [1.54, 1.807) is 41.3 Å². The summed E-state index contributed by atoms with van der Waals surface area (Å²) in [5.74, 6) is -1.48. The van der Waals surface area contributed by atoms with Gasteiger partial charge in [-0.15, -0.1) is 0 Å². The molecule has 0 saturated carbocycles. The first-order valence-electron chi connectivity index (χ1n) is 6.77. The lowest BCUT2D eigenvalue weighted by Gasteiger charge is -2.03. The zero-order valence-corrected chi connectivity index (χ0v) is 12.4. The van der Waals surface area contributed by atoms with Crippen LogP contribution >= 0.6 is 0 Å². The smallest absolute Gasteiger partial charge is 0.329 e. The molecule has 0 bridgehead atoms. The van der Waals surface area contributed by atoms with E-state index in [1.807, 2.05) is 0 Å². The summed E-state index contributed by atoms with van der Waals surface area (Å²) in [7, 11) is 1.50. The van der Waals surface area contributed by atoms with Gasteiger partial charge >= 0.3 is 12.1 Å². The molecule has 1 aromatic carbocycles. The molecule has 3 rings (SSSR count). The molecule has 0 saturated heterocycles. The van der Waals surface area contributed by atoms with Crippen molar-refractivity contribution in [3.8, 4) is 11.4 Å². The van der Waals surface area contributed by atoms with Gasteiger partial charge in [-0.2, -0.15) is 23.3 Å². The van der Waals surface area contributed by atoms with Crippen LogP contribution in [0.1, 0.15) is 11.5 Å². The van der Waals surface area contributed by atoms with E-state index < -0.39 is 12.1 Å². The van der Waals surface area contributed by atoms with Crippen molar-refractivity contribution in [3.63, 3.8) is 0 Å². The van der Waals surface area contributed by atoms with Crippen LogP contribution in [0.3, 0.4) is 0 Å². The second-order valence-corrected chi connectivity index (χ2v) is 4.85. The van der Waals surface area contributed by atoms with Crippen LogP contribution in [0.5, 0.6) is 0 Å². The molecule has 7 nitrogen and oxygen atoms in total. The highest BCUT2D eigenvalue weighted by molar-refractivity contribution is 5.54. The number of anilines is 1. The molecule has 1 N–H and O–H groups in total. The van der Waals surface area contributed by atoms with Crippen LogP contribution < -0.4 is 5.48 Å². The number of halogens is 3. The summed E-state index contributed by atoms with van der Waals surface area (Å²) in [4.78, 5) is 8.12. The van der Waals surface area contributed by atoms with Crippen molar-refractivity contribution in [2.75, 3.05) is 12.6 Å². The van der Waals surface area contributed by atoms with E-state index in [0.717, 1.165) is 5.56 Å². The minimum absolute atomic E-state index is 0.112. The molecule has 24 heavy (non-hydrogen) atoms. The van der Waals surface area contributed by atoms with Crippen molar-refractivity contribution in [1.29, 1.82) is 0 Å². The molecule has 2 aromatic heterocycles. The van der Waals surface area contributed by atoms with Crippen LogP contribution in [0.25, 0.3) is 11.4 Å². The molecule has 0 fully saturated rings. The molecular weight excluding hydrogens is 327 g/mol. The topological polar surface area (TPSA) is 78.0 Å². The fraction of sp³-hybridized carbons (Fsp3) is 0.214. The summed E-state index contributed by atoms with van der Waals surface area (Å²) in [5.41, 5.74) is 4.70. The van der Waals surface area contributed by atoms with Crippen LogP contribution in [0.4, 0.5) is 18.9 Å². The Morgan fingerprint density at radius 3 is 2.62 bits per heavy atom. The maximum Gasteiger partial charge on any atom is 0.471 e. The molecule has 0 spiro atoms. The number of rotatable bonds is 5. The lowest BCUT2D eigenvalue weighted by atomic mass is 10.1.